The van der Waals surface area contributed by atoms with Crippen molar-refractivity contribution in [1.29, 1.82) is 0 Å². The van der Waals surface area contributed by atoms with Gasteiger partial charge in [0.2, 0.25) is 0 Å². The van der Waals surface area contributed by atoms with Crippen molar-refractivity contribution < 1.29 is 22.8 Å². The molecule has 1 atom stereocenters. The van der Waals surface area contributed by atoms with E-state index in [0.29, 0.717) is 19.0 Å². The molecule has 2 amide bonds. The zero-order valence-corrected chi connectivity index (χ0v) is 15.3. The van der Waals surface area contributed by atoms with Crippen molar-refractivity contribution in [2.45, 2.75) is 25.9 Å². The molecule has 148 valence electrons. The van der Waals surface area contributed by atoms with Crippen LogP contribution in [0.2, 0.25) is 0 Å². The average Bonchev–Trinajstić information content (AvgIpc) is 2.67. The summed E-state index contributed by atoms with van der Waals surface area (Å²) in [6.07, 6.45) is 0.166. The summed E-state index contributed by atoms with van der Waals surface area (Å²) in [6.45, 7) is 3.39. The number of anilines is 1. The van der Waals surface area contributed by atoms with E-state index in [0.717, 1.165) is 25.0 Å². The summed E-state index contributed by atoms with van der Waals surface area (Å²) in [5.41, 5.74) is -0.452. The number of hydrogen-bond acceptors (Lipinski definition) is 3. The number of halogens is 3. The smallest absolute Gasteiger partial charge is 0.338 e. The molecule has 28 heavy (non-hydrogen) atoms. The van der Waals surface area contributed by atoms with E-state index in [-0.39, 0.29) is 22.7 Å². The Morgan fingerprint density at radius 2 is 1.93 bits per heavy atom. The van der Waals surface area contributed by atoms with Gasteiger partial charge in [-0.3, -0.25) is 14.6 Å². The lowest BCUT2D eigenvalue weighted by Gasteiger charge is -2.30. The molecular formula is C20H20F3N3O2. The molecule has 1 aromatic heterocycles. The van der Waals surface area contributed by atoms with E-state index in [1.54, 1.807) is 4.90 Å². The van der Waals surface area contributed by atoms with Crippen molar-refractivity contribution in [3.63, 3.8) is 0 Å². The van der Waals surface area contributed by atoms with Crippen LogP contribution in [0.25, 0.3) is 0 Å². The van der Waals surface area contributed by atoms with Gasteiger partial charge >= 0.3 is 6.18 Å². The van der Waals surface area contributed by atoms with Gasteiger partial charge in [-0.15, -0.1) is 0 Å². The maximum Gasteiger partial charge on any atom is 0.416 e. The predicted octanol–water partition coefficient (Wildman–Crippen LogP) is 4.22. The predicted molar refractivity (Wildman–Crippen MR) is 97.9 cm³/mol. The fraction of sp³-hybridized carbons (Fsp3) is 0.350. The van der Waals surface area contributed by atoms with E-state index in [9.17, 15) is 22.8 Å². The normalized spacial score (nSPS) is 17.3. The van der Waals surface area contributed by atoms with Gasteiger partial charge in [-0.25, -0.2) is 0 Å². The van der Waals surface area contributed by atoms with Crippen LogP contribution in [0.5, 0.6) is 0 Å². The molecule has 1 aliphatic rings. The third kappa shape index (κ3) is 4.68. The van der Waals surface area contributed by atoms with Crippen LogP contribution in [-0.4, -0.2) is 34.8 Å². The van der Waals surface area contributed by atoms with Crippen molar-refractivity contribution in [2.75, 3.05) is 18.4 Å². The van der Waals surface area contributed by atoms with Crippen LogP contribution in [0.4, 0.5) is 18.9 Å². The number of carbonyl (C=O) groups excluding carboxylic acids is 2. The summed E-state index contributed by atoms with van der Waals surface area (Å²) in [5.74, 6) is -0.417. The number of hydrogen-bond donors (Lipinski definition) is 1. The molecule has 0 saturated carbocycles. The van der Waals surface area contributed by atoms with Crippen molar-refractivity contribution in [3.8, 4) is 0 Å². The summed E-state index contributed by atoms with van der Waals surface area (Å²) in [7, 11) is 0. The summed E-state index contributed by atoms with van der Waals surface area (Å²) < 4.78 is 38.4. The second kappa shape index (κ2) is 8.00. The Kier molecular flexibility index (Phi) is 5.67. The molecule has 0 bridgehead atoms. The molecular weight excluding hydrogens is 371 g/mol. The topological polar surface area (TPSA) is 62.3 Å². The number of carbonyl (C=O) groups is 2. The first-order valence-electron chi connectivity index (χ1n) is 8.97. The van der Waals surface area contributed by atoms with Crippen molar-refractivity contribution >= 4 is 17.5 Å². The first-order valence-corrected chi connectivity index (χ1v) is 8.97. The molecule has 0 aliphatic carbocycles. The van der Waals surface area contributed by atoms with Crippen LogP contribution in [0.15, 0.2) is 42.7 Å². The average molecular weight is 391 g/mol. The maximum absolute atomic E-state index is 12.8. The third-order valence-corrected chi connectivity index (χ3v) is 4.64. The second-order valence-corrected chi connectivity index (χ2v) is 6.99. The number of likely N-dealkylation sites (tertiary alicyclic amines) is 1. The van der Waals surface area contributed by atoms with Gasteiger partial charge in [0.1, 0.15) is 0 Å². The summed E-state index contributed by atoms with van der Waals surface area (Å²) in [6, 6.07) is 5.78. The van der Waals surface area contributed by atoms with Crippen LogP contribution in [0.3, 0.4) is 0 Å². The molecule has 0 radical (unpaired) electrons. The fourth-order valence-electron chi connectivity index (χ4n) is 3.21. The highest BCUT2D eigenvalue weighted by atomic mass is 19.4. The van der Waals surface area contributed by atoms with Crippen LogP contribution in [0.1, 0.15) is 46.0 Å². The Morgan fingerprint density at radius 1 is 1.18 bits per heavy atom. The Hall–Kier alpha value is -2.90. The Morgan fingerprint density at radius 3 is 2.64 bits per heavy atom. The molecule has 1 saturated heterocycles. The number of alkyl halides is 3. The summed E-state index contributed by atoms with van der Waals surface area (Å²) in [4.78, 5) is 30.8. The largest absolute Gasteiger partial charge is 0.416 e. The van der Waals surface area contributed by atoms with Crippen LogP contribution in [0, 0.1) is 5.92 Å². The Balaban J connectivity index is 1.75. The molecule has 1 aromatic carbocycles. The Labute approximate surface area is 160 Å². The lowest BCUT2D eigenvalue weighted by atomic mass is 9.99. The van der Waals surface area contributed by atoms with Gasteiger partial charge < -0.3 is 10.2 Å². The lowest BCUT2D eigenvalue weighted by molar-refractivity contribution is -0.137. The number of rotatable bonds is 3. The molecule has 3 rings (SSSR count). The van der Waals surface area contributed by atoms with E-state index >= 15 is 0 Å². The van der Waals surface area contributed by atoms with Gasteiger partial charge in [0, 0.05) is 31.2 Å². The number of amides is 2. The quantitative estimate of drug-likeness (QED) is 0.852. The second-order valence-electron chi connectivity index (χ2n) is 6.99. The van der Waals surface area contributed by atoms with E-state index < -0.39 is 17.6 Å². The van der Waals surface area contributed by atoms with E-state index in [2.05, 4.69) is 17.2 Å². The molecule has 1 unspecified atom stereocenters. The molecule has 2 heterocycles. The lowest BCUT2D eigenvalue weighted by Crippen LogP contribution is -2.39. The van der Waals surface area contributed by atoms with Gasteiger partial charge in [0.15, 0.2) is 0 Å². The molecule has 1 aliphatic heterocycles. The van der Waals surface area contributed by atoms with Crippen molar-refractivity contribution in [2.24, 2.45) is 5.92 Å². The first-order chi connectivity index (χ1) is 13.2. The highest BCUT2D eigenvalue weighted by Crippen LogP contribution is 2.30. The number of aromatic nitrogens is 1. The highest BCUT2D eigenvalue weighted by Gasteiger charge is 2.30. The zero-order chi connectivity index (χ0) is 20.3. The minimum absolute atomic E-state index is 0.0152. The van der Waals surface area contributed by atoms with Gasteiger partial charge in [-0.1, -0.05) is 13.0 Å². The van der Waals surface area contributed by atoms with E-state index in [1.807, 2.05) is 0 Å². The zero-order valence-electron chi connectivity index (χ0n) is 15.3. The van der Waals surface area contributed by atoms with Gasteiger partial charge in [-0.05, 0) is 43.0 Å². The third-order valence-electron chi connectivity index (χ3n) is 4.64. The SMILES string of the molecule is CC1CCCN(C(=O)c2cncc(C(=O)Nc3cccc(C(F)(F)F)c3)c2)C1. The van der Waals surface area contributed by atoms with Crippen LogP contribution >= 0.6 is 0 Å². The molecule has 1 fully saturated rings. The van der Waals surface area contributed by atoms with Gasteiger partial charge in [0.05, 0.1) is 16.7 Å². The minimum atomic E-state index is -4.50. The van der Waals surface area contributed by atoms with Crippen LogP contribution < -0.4 is 5.32 Å². The molecule has 5 nitrogen and oxygen atoms in total. The van der Waals surface area contributed by atoms with Crippen LogP contribution in [-0.2, 0) is 6.18 Å². The highest BCUT2D eigenvalue weighted by molar-refractivity contribution is 6.05. The first kappa shape index (κ1) is 19.9. The van der Waals surface area contributed by atoms with Crippen molar-refractivity contribution in [3.05, 3.63) is 59.4 Å². The van der Waals surface area contributed by atoms with E-state index in [1.165, 1.54) is 30.6 Å². The molecule has 1 N–H and O–H groups in total. The standard InChI is InChI=1S/C20H20F3N3O2/c1-13-4-3-7-26(12-13)19(28)15-8-14(10-24-11-15)18(27)25-17-6-2-5-16(9-17)20(21,22)23/h2,5-6,8-11,13H,3-4,7,12H2,1H3,(H,25,27). The molecule has 0 spiro atoms. The molecule has 8 heteroatoms. The number of piperidine rings is 1. The maximum atomic E-state index is 12.8. The van der Waals surface area contributed by atoms with E-state index in [4.69, 9.17) is 0 Å². The summed E-state index contributed by atoms with van der Waals surface area (Å²) in [5, 5.41) is 2.42. The number of nitrogens with zero attached hydrogens (tertiary/aromatic N) is 2. The summed E-state index contributed by atoms with van der Waals surface area (Å²) >= 11 is 0. The number of benzene rings is 1. The molecule has 2 aromatic rings. The van der Waals surface area contributed by atoms with Gasteiger partial charge in [0.25, 0.3) is 11.8 Å². The Bertz CT molecular complexity index is 883. The number of nitrogens with one attached hydrogen (secondary N) is 1. The van der Waals surface area contributed by atoms with Crippen molar-refractivity contribution in [1.82, 2.24) is 9.88 Å². The number of pyridine rings is 1. The van der Waals surface area contributed by atoms with Gasteiger partial charge in [-0.2, -0.15) is 13.2 Å². The fourth-order valence-corrected chi connectivity index (χ4v) is 3.21. The minimum Gasteiger partial charge on any atom is -0.338 e. The monoisotopic (exact) mass is 391 g/mol.